The molecule has 0 aromatic heterocycles. The van der Waals surface area contributed by atoms with Crippen LogP contribution in [-0.2, 0) is 11.2 Å². The summed E-state index contributed by atoms with van der Waals surface area (Å²) in [7, 11) is 0. The Kier molecular flexibility index (Phi) is 5.11. The molecular weight excluding hydrogens is 274 g/mol. The Morgan fingerprint density at radius 2 is 1.91 bits per heavy atom. The molecule has 0 radical (unpaired) electrons. The monoisotopic (exact) mass is 301 g/mol. The summed E-state index contributed by atoms with van der Waals surface area (Å²) < 4.78 is 0. The number of rotatable bonds is 5. The highest BCUT2D eigenvalue weighted by molar-refractivity contribution is 5.76. The lowest BCUT2D eigenvalue weighted by molar-refractivity contribution is -0.122. The van der Waals surface area contributed by atoms with E-state index in [0.717, 1.165) is 52.1 Å². The third kappa shape index (κ3) is 3.68. The molecule has 1 aliphatic carbocycles. The average Bonchev–Trinajstić information content (AvgIpc) is 2.97. The smallest absolute Gasteiger partial charge is 0.221 e. The minimum atomic E-state index is 0.194. The zero-order chi connectivity index (χ0) is 15.4. The van der Waals surface area contributed by atoms with Crippen molar-refractivity contribution < 1.29 is 4.79 Å². The van der Waals surface area contributed by atoms with Crippen LogP contribution in [0.4, 0.5) is 0 Å². The van der Waals surface area contributed by atoms with Crippen molar-refractivity contribution in [2.24, 2.45) is 0 Å². The molecule has 1 heterocycles. The highest BCUT2D eigenvalue weighted by Gasteiger charge is 2.23. The summed E-state index contributed by atoms with van der Waals surface area (Å²) in [6.07, 6.45) is 2.74. The van der Waals surface area contributed by atoms with Crippen molar-refractivity contribution in [1.82, 2.24) is 15.1 Å². The molecule has 22 heavy (non-hydrogen) atoms. The van der Waals surface area contributed by atoms with Gasteiger partial charge >= 0.3 is 0 Å². The SMILES string of the molecule is CCN1CCN(CCC(=O)N[C@@H]2CCc3ccccc32)CC1. The number of nitrogens with one attached hydrogen (secondary N) is 1. The minimum absolute atomic E-state index is 0.194. The molecule has 4 nitrogen and oxygen atoms in total. The molecule has 1 fully saturated rings. The Balaban J connectivity index is 1.42. The summed E-state index contributed by atoms with van der Waals surface area (Å²) in [4.78, 5) is 17.1. The van der Waals surface area contributed by atoms with E-state index in [1.165, 1.54) is 11.1 Å². The van der Waals surface area contributed by atoms with E-state index in [4.69, 9.17) is 0 Å². The number of aryl methyl sites for hydroxylation is 1. The number of amides is 1. The molecule has 1 amide bonds. The number of carbonyl (C=O) groups excluding carboxylic acids is 1. The lowest BCUT2D eigenvalue weighted by Gasteiger charge is -2.33. The number of likely N-dealkylation sites (N-methyl/N-ethyl adjacent to an activating group) is 1. The second-order valence-corrected chi connectivity index (χ2v) is 6.38. The van der Waals surface area contributed by atoms with E-state index in [1.54, 1.807) is 0 Å². The molecule has 1 aromatic rings. The Hall–Kier alpha value is -1.39. The Bertz CT molecular complexity index is 509. The van der Waals surface area contributed by atoms with E-state index in [-0.39, 0.29) is 11.9 Å². The lowest BCUT2D eigenvalue weighted by Crippen LogP contribution is -2.47. The molecule has 1 aliphatic heterocycles. The molecule has 1 atom stereocenters. The zero-order valence-electron chi connectivity index (χ0n) is 13.6. The van der Waals surface area contributed by atoms with Crippen molar-refractivity contribution in [3.63, 3.8) is 0 Å². The van der Waals surface area contributed by atoms with Crippen molar-refractivity contribution in [2.75, 3.05) is 39.3 Å². The fourth-order valence-corrected chi connectivity index (χ4v) is 3.56. The Morgan fingerprint density at radius 1 is 1.18 bits per heavy atom. The first-order valence-electron chi connectivity index (χ1n) is 8.58. The first-order valence-corrected chi connectivity index (χ1v) is 8.58. The molecule has 0 spiro atoms. The number of hydrogen-bond acceptors (Lipinski definition) is 3. The normalized spacial score (nSPS) is 22.5. The number of piperazine rings is 1. The summed E-state index contributed by atoms with van der Waals surface area (Å²) in [6, 6.07) is 8.70. The fourth-order valence-electron chi connectivity index (χ4n) is 3.56. The molecular formula is C18H27N3O. The van der Waals surface area contributed by atoms with Crippen LogP contribution in [0, 0.1) is 0 Å². The Labute approximate surface area is 133 Å². The summed E-state index contributed by atoms with van der Waals surface area (Å²) in [6.45, 7) is 8.68. The van der Waals surface area contributed by atoms with Gasteiger partial charge in [-0.25, -0.2) is 0 Å². The summed E-state index contributed by atoms with van der Waals surface area (Å²) in [5.74, 6) is 0.194. The average molecular weight is 301 g/mol. The van der Waals surface area contributed by atoms with Crippen LogP contribution in [0.5, 0.6) is 0 Å². The van der Waals surface area contributed by atoms with Gasteiger partial charge in [-0.1, -0.05) is 31.2 Å². The van der Waals surface area contributed by atoms with Crippen LogP contribution < -0.4 is 5.32 Å². The minimum Gasteiger partial charge on any atom is -0.349 e. The maximum absolute atomic E-state index is 12.2. The van der Waals surface area contributed by atoms with Gasteiger partial charge in [0.25, 0.3) is 0 Å². The van der Waals surface area contributed by atoms with Crippen molar-refractivity contribution in [2.45, 2.75) is 32.2 Å². The van der Waals surface area contributed by atoms with Crippen LogP contribution in [0.15, 0.2) is 24.3 Å². The number of nitrogens with zero attached hydrogens (tertiary/aromatic N) is 2. The van der Waals surface area contributed by atoms with Gasteiger partial charge in [-0.15, -0.1) is 0 Å². The summed E-state index contributed by atoms with van der Waals surface area (Å²) in [5.41, 5.74) is 2.70. The van der Waals surface area contributed by atoms with Gasteiger partial charge in [0.1, 0.15) is 0 Å². The summed E-state index contributed by atoms with van der Waals surface area (Å²) in [5, 5.41) is 3.22. The second-order valence-electron chi connectivity index (χ2n) is 6.38. The van der Waals surface area contributed by atoms with E-state index < -0.39 is 0 Å². The second kappa shape index (κ2) is 7.25. The molecule has 1 N–H and O–H groups in total. The highest BCUT2D eigenvalue weighted by atomic mass is 16.1. The topological polar surface area (TPSA) is 35.6 Å². The van der Waals surface area contributed by atoms with Gasteiger partial charge in [0.2, 0.25) is 5.91 Å². The highest BCUT2D eigenvalue weighted by Crippen LogP contribution is 2.30. The maximum atomic E-state index is 12.2. The zero-order valence-corrected chi connectivity index (χ0v) is 13.6. The van der Waals surface area contributed by atoms with Crippen LogP contribution in [0.2, 0.25) is 0 Å². The quantitative estimate of drug-likeness (QED) is 0.901. The number of fused-ring (bicyclic) bond motifs is 1. The predicted octanol–water partition coefficient (Wildman–Crippen LogP) is 1.82. The molecule has 4 heteroatoms. The lowest BCUT2D eigenvalue weighted by atomic mass is 10.1. The van der Waals surface area contributed by atoms with Crippen molar-refractivity contribution in [1.29, 1.82) is 0 Å². The van der Waals surface area contributed by atoms with Gasteiger partial charge in [-0.2, -0.15) is 0 Å². The van der Waals surface area contributed by atoms with Gasteiger partial charge in [-0.05, 0) is 30.5 Å². The Morgan fingerprint density at radius 3 is 2.68 bits per heavy atom. The molecule has 1 saturated heterocycles. The van der Waals surface area contributed by atoms with Crippen LogP contribution >= 0.6 is 0 Å². The third-order valence-electron chi connectivity index (χ3n) is 5.04. The van der Waals surface area contributed by atoms with Crippen LogP contribution in [0.25, 0.3) is 0 Å². The molecule has 3 rings (SSSR count). The molecule has 0 bridgehead atoms. The third-order valence-corrected chi connectivity index (χ3v) is 5.04. The van der Waals surface area contributed by atoms with E-state index in [9.17, 15) is 4.79 Å². The first kappa shape index (κ1) is 15.5. The van der Waals surface area contributed by atoms with Crippen LogP contribution in [-0.4, -0.2) is 55.0 Å². The molecule has 1 aromatic carbocycles. The van der Waals surface area contributed by atoms with E-state index >= 15 is 0 Å². The molecule has 2 aliphatic rings. The standard InChI is InChI=1S/C18H27N3O/c1-2-20-11-13-21(14-12-20)10-9-18(22)19-17-8-7-15-5-3-4-6-16(15)17/h3-6,17H,2,7-14H2,1H3,(H,19,22)/t17-/m1/s1. The van der Waals surface area contributed by atoms with Gasteiger partial charge in [0.05, 0.1) is 6.04 Å². The molecule has 120 valence electrons. The maximum Gasteiger partial charge on any atom is 0.221 e. The van der Waals surface area contributed by atoms with Crippen LogP contribution in [0.3, 0.4) is 0 Å². The van der Waals surface area contributed by atoms with Gasteiger partial charge in [0.15, 0.2) is 0 Å². The first-order chi connectivity index (χ1) is 10.8. The number of benzene rings is 1. The van der Waals surface area contributed by atoms with Gasteiger partial charge < -0.3 is 15.1 Å². The van der Waals surface area contributed by atoms with Gasteiger partial charge in [0, 0.05) is 39.1 Å². The number of hydrogen-bond donors (Lipinski definition) is 1. The van der Waals surface area contributed by atoms with Gasteiger partial charge in [-0.3, -0.25) is 4.79 Å². The fraction of sp³-hybridized carbons (Fsp3) is 0.611. The van der Waals surface area contributed by atoms with Crippen molar-refractivity contribution >= 4 is 5.91 Å². The van der Waals surface area contributed by atoms with E-state index in [0.29, 0.717) is 6.42 Å². The number of carbonyl (C=O) groups is 1. The predicted molar refractivity (Wildman–Crippen MR) is 88.8 cm³/mol. The van der Waals surface area contributed by atoms with E-state index in [1.807, 2.05) is 0 Å². The molecule has 0 saturated carbocycles. The summed E-state index contributed by atoms with van der Waals surface area (Å²) >= 11 is 0. The van der Waals surface area contributed by atoms with Crippen molar-refractivity contribution in [3.8, 4) is 0 Å². The largest absolute Gasteiger partial charge is 0.349 e. The van der Waals surface area contributed by atoms with E-state index in [2.05, 4.69) is 46.3 Å². The molecule has 0 unspecified atom stereocenters. The van der Waals surface area contributed by atoms with Crippen LogP contribution in [0.1, 0.15) is 36.9 Å². The van der Waals surface area contributed by atoms with Crippen molar-refractivity contribution in [3.05, 3.63) is 35.4 Å².